The van der Waals surface area contributed by atoms with E-state index in [1.54, 1.807) is 11.3 Å². The van der Waals surface area contributed by atoms with Crippen LogP contribution in [0.1, 0.15) is 13.8 Å². The predicted octanol–water partition coefficient (Wildman–Crippen LogP) is 3.57. The molecule has 0 spiro atoms. The van der Waals surface area contributed by atoms with Gasteiger partial charge >= 0.3 is 0 Å². The molecular formula is C23H26N6S. The molecule has 30 heavy (non-hydrogen) atoms. The van der Waals surface area contributed by atoms with E-state index in [-0.39, 0.29) is 5.96 Å². The molecule has 0 radical (unpaired) electrons. The van der Waals surface area contributed by atoms with Crippen LogP contribution in [-0.2, 0) is 0 Å². The summed E-state index contributed by atoms with van der Waals surface area (Å²) in [7, 11) is 0. The Morgan fingerprint density at radius 3 is 2.50 bits per heavy atom. The predicted molar refractivity (Wildman–Crippen MR) is 128 cm³/mol. The SMILES string of the molecule is CCN(CC)c1ccc2nc3c4ccccc4c(=NCCN=C(N)N)cc-3sc2c1. The van der Waals surface area contributed by atoms with Gasteiger partial charge in [0.05, 0.1) is 39.2 Å². The Bertz CT molecular complexity index is 1250. The first-order chi connectivity index (χ1) is 14.6. The fourth-order valence-corrected chi connectivity index (χ4v) is 4.75. The number of aliphatic imine (C=N–C) groups is 1. The van der Waals surface area contributed by atoms with Crippen molar-refractivity contribution in [2.75, 3.05) is 31.1 Å². The molecule has 1 heterocycles. The number of hydrogen-bond acceptors (Lipinski definition) is 5. The lowest BCUT2D eigenvalue weighted by Gasteiger charge is -2.21. The van der Waals surface area contributed by atoms with Crippen LogP contribution in [0.25, 0.3) is 31.6 Å². The normalized spacial score (nSPS) is 12.0. The number of benzene rings is 3. The molecule has 0 saturated carbocycles. The zero-order valence-electron chi connectivity index (χ0n) is 17.3. The van der Waals surface area contributed by atoms with Crippen LogP contribution in [0.3, 0.4) is 0 Å². The Labute approximate surface area is 179 Å². The summed E-state index contributed by atoms with van der Waals surface area (Å²) in [5.41, 5.74) is 14.1. The van der Waals surface area contributed by atoms with Gasteiger partial charge in [-0.05, 0) is 38.1 Å². The fraction of sp³-hybridized carbons (Fsp3) is 0.261. The molecule has 4 N–H and O–H groups in total. The standard InChI is InChI=1S/C23H26N6S/c1-3-29(4-2)15-9-10-18-20(13-15)30-21-14-19(26-11-12-27-23(24)25)16-7-5-6-8-17(16)22(21)28-18/h5-10,13-14H,3-4,11-12H2,1-2H3,(H4,24,25,27). The maximum atomic E-state index is 5.42. The molecule has 1 aliphatic heterocycles. The molecule has 6 nitrogen and oxygen atoms in total. The molecule has 4 rings (SSSR count). The van der Waals surface area contributed by atoms with Crippen molar-refractivity contribution >= 4 is 44.0 Å². The monoisotopic (exact) mass is 418 g/mol. The number of anilines is 1. The van der Waals surface area contributed by atoms with E-state index in [9.17, 15) is 0 Å². The van der Waals surface area contributed by atoms with Gasteiger partial charge in [-0.25, -0.2) is 4.98 Å². The molecule has 2 aromatic rings. The number of rotatable bonds is 6. The van der Waals surface area contributed by atoms with Gasteiger partial charge < -0.3 is 16.4 Å². The maximum absolute atomic E-state index is 5.42. The first kappa shape index (κ1) is 20.1. The lowest BCUT2D eigenvalue weighted by molar-refractivity contribution is 0.867. The first-order valence-electron chi connectivity index (χ1n) is 10.2. The topological polar surface area (TPSA) is 92.9 Å². The Balaban J connectivity index is 1.90. The van der Waals surface area contributed by atoms with Crippen molar-refractivity contribution < 1.29 is 0 Å². The van der Waals surface area contributed by atoms with E-state index in [4.69, 9.17) is 21.4 Å². The Kier molecular flexibility index (Phi) is 5.81. The third kappa shape index (κ3) is 3.93. The largest absolute Gasteiger partial charge is 0.372 e. The number of hydrogen-bond donors (Lipinski definition) is 2. The second kappa shape index (κ2) is 8.67. The van der Waals surface area contributed by atoms with Crippen LogP contribution in [0, 0.1) is 0 Å². The minimum Gasteiger partial charge on any atom is -0.372 e. The zero-order valence-corrected chi connectivity index (χ0v) is 18.1. The summed E-state index contributed by atoms with van der Waals surface area (Å²) in [5.74, 6) is 0.0930. The van der Waals surface area contributed by atoms with E-state index < -0.39 is 0 Å². The molecule has 0 amide bonds. The molecular weight excluding hydrogens is 392 g/mol. The molecule has 0 saturated heterocycles. The average molecular weight is 419 g/mol. The lowest BCUT2D eigenvalue weighted by atomic mass is 10.1. The van der Waals surface area contributed by atoms with Gasteiger partial charge in [0.2, 0.25) is 0 Å². The van der Waals surface area contributed by atoms with Crippen molar-refractivity contribution in [1.29, 1.82) is 0 Å². The maximum Gasteiger partial charge on any atom is 0.185 e. The smallest absolute Gasteiger partial charge is 0.185 e. The van der Waals surface area contributed by atoms with Crippen molar-refractivity contribution in [3.8, 4) is 10.6 Å². The van der Waals surface area contributed by atoms with E-state index in [1.165, 1.54) is 10.4 Å². The number of nitrogens with two attached hydrogens (primary N) is 2. The van der Waals surface area contributed by atoms with Gasteiger partial charge in [-0.3, -0.25) is 9.98 Å². The summed E-state index contributed by atoms with van der Waals surface area (Å²) in [6.07, 6.45) is 0. The van der Waals surface area contributed by atoms with Gasteiger partial charge in [-0.2, -0.15) is 0 Å². The first-order valence-corrected chi connectivity index (χ1v) is 11.0. The third-order valence-corrected chi connectivity index (χ3v) is 6.24. The Morgan fingerprint density at radius 2 is 1.77 bits per heavy atom. The van der Waals surface area contributed by atoms with Crippen LogP contribution in [0.4, 0.5) is 5.69 Å². The lowest BCUT2D eigenvalue weighted by Crippen LogP contribution is -2.23. The molecule has 2 aromatic carbocycles. The fourth-order valence-electron chi connectivity index (χ4n) is 3.69. The van der Waals surface area contributed by atoms with Crippen LogP contribution < -0.4 is 21.7 Å². The van der Waals surface area contributed by atoms with Crippen LogP contribution in [0.5, 0.6) is 0 Å². The van der Waals surface area contributed by atoms with Gasteiger partial charge in [-0.1, -0.05) is 24.3 Å². The third-order valence-electron chi connectivity index (χ3n) is 5.16. The molecule has 0 aromatic heterocycles. The van der Waals surface area contributed by atoms with Crippen molar-refractivity contribution in [3.63, 3.8) is 0 Å². The summed E-state index contributed by atoms with van der Waals surface area (Å²) < 4.78 is 1.17. The summed E-state index contributed by atoms with van der Waals surface area (Å²) in [6.45, 7) is 7.33. The summed E-state index contributed by atoms with van der Waals surface area (Å²) in [4.78, 5) is 17.3. The molecule has 0 atom stereocenters. The summed E-state index contributed by atoms with van der Waals surface area (Å²) in [5, 5.41) is 3.15. The van der Waals surface area contributed by atoms with E-state index in [0.717, 1.165) is 45.3 Å². The van der Waals surface area contributed by atoms with Crippen molar-refractivity contribution in [2.45, 2.75) is 13.8 Å². The summed E-state index contributed by atoms with van der Waals surface area (Å²) in [6, 6.07) is 16.9. The van der Waals surface area contributed by atoms with E-state index >= 15 is 0 Å². The Morgan fingerprint density at radius 1 is 1.00 bits per heavy atom. The van der Waals surface area contributed by atoms with Crippen molar-refractivity contribution in [2.24, 2.45) is 21.5 Å². The van der Waals surface area contributed by atoms with Crippen LogP contribution in [-0.4, -0.2) is 37.1 Å². The average Bonchev–Trinajstić information content (AvgIpc) is 2.76. The second-order valence-electron chi connectivity index (χ2n) is 7.01. The molecule has 0 fully saturated rings. The van der Waals surface area contributed by atoms with Gasteiger partial charge in [0, 0.05) is 29.5 Å². The van der Waals surface area contributed by atoms with Crippen LogP contribution in [0.2, 0.25) is 0 Å². The molecule has 1 aliphatic carbocycles. The van der Waals surface area contributed by atoms with Crippen molar-refractivity contribution in [3.05, 3.63) is 53.9 Å². The van der Waals surface area contributed by atoms with Crippen LogP contribution in [0.15, 0.2) is 58.5 Å². The molecule has 0 bridgehead atoms. The highest BCUT2D eigenvalue weighted by molar-refractivity contribution is 7.21. The van der Waals surface area contributed by atoms with Gasteiger partial charge in [0.15, 0.2) is 5.96 Å². The Hall–Kier alpha value is -3.19. The molecule has 2 aliphatic rings. The van der Waals surface area contributed by atoms with E-state index in [0.29, 0.717) is 13.1 Å². The number of guanidine groups is 1. The highest BCUT2D eigenvalue weighted by Crippen LogP contribution is 2.35. The number of aromatic nitrogens is 1. The minimum atomic E-state index is 0.0930. The number of nitrogens with zero attached hydrogens (tertiary/aromatic N) is 4. The molecule has 154 valence electrons. The quantitative estimate of drug-likeness (QED) is 0.165. The van der Waals surface area contributed by atoms with Gasteiger partial charge in [0.1, 0.15) is 0 Å². The number of fused-ring (bicyclic) bond motifs is 4. The van der Waals surface area contributed by atoms with E-state index in [1.807, 2.05) is 12.1 Å². The molecule has 7 heteroatoms. The zero-order chi connectivity index (χ0) is 21.1. The van der Waals surface area contributed by atoms with Crippen LogP contribution >= 0.6 is 11.3 Å². The highest BCUT2D eigenvalue weighted by atomic mass is 32.1. The van der Waals surface area contributed by atoms with Crippen molar-refractivity contribution in [1.82, 2.24) is 4.98 Å². The molecule has 0 unspecified atom stereocenters. The highest BCUT2D eigenvalue weighted by Gasteiger charge is 2.14. The van der Waals surface area contributed by atoms with E-state index in [2.05, 4.69) is 60.1 Å². The summed E-state index contributed by atoms with van der Waals surface area (Å²) >= 11 is 1.76. The minimum absolute atomic E-state index is 0.0930. The second-order valence-corrected chi connectivity index (χ2v) is 8.10. The van der Waals surface area contributed by atoms with Gasteiger partial charge in [0.25, 0.3) is 0 Å². The van der Waals surface area contributed by atoms with Gasteiger partial charge in [-0.15, -0.1) is 11.3 Å².